The molecule has 6 nitrogen and oxygen atoms in total. The van der Waals surface area contributed by atoms with Gasteiger partial charge in [-0.05, 0) is 12.1 Å². The molecule has 0 aromatic heterocycles. The van der Waals surface area contributed by atoms with Crippen LogP contribution in [0.15, 0.2) is 29.7 Å². The molecule has 1 aromatic carbocycles. The van der Waals surface area contributed by atoms with E-state index in [2.05, 4.69) is 0 Å². The molecule has 0 aliphatic rings. The molecule has 0 heterocycles. The van der Waals surface area contributed by atoms with E-state index in [0.717, 1.165) is 0 Å². The Morgan fingerprint density at radius 3 is 2.22 bits per heavy atom. The number of benzene rings is 1. The molecule has 0 fully saturated rings. The maximum atomic E-state index is 12.0. The Balaban J connectivity index is 3.17. The van der Waals surface area contributed by atoms with E-state index < -0.39 is 14.7 Å². The highest BCUT2D eigenvalue weighted by Gasteiger charge is 2.10. The predicted octanol–water partition coefficient (Wildman–Crippen LogP) is 1.82. The van der Waals surface area contributed by atoms with Gasteiger partial charge in [-0.25, -0.2) is 4.21 Å². The molecular weight excluding hydrogens is 256 g/mol. The molecule has 0 saturated carbocycles. The summed E-state index contributed by atoms with van der Waals surface area (Å²) >= 11 is 0. The second-order valence-electron chi connectivity index (χ2n) is 3.98. The third-order valence-electron chi connectivity index (χ3n) is 2.43. The van der Waals surface area contributed by atoms with Crippen LogP contribution in [0.25, 0.3) is 5.76 Å². The van der Waals surface area contributed by atoms with Crippen LogP contribution in [0, 0.1) is 10.1 Å². The third-order valence-corrected chi connectivity index (χ3v) is 4.54. The lowest BCUT2D eigenvalue weighted by molar-refractivity contribution is -0.439. The number of hydrogen-bond acceptors (Lipinski definition) is 4. The first-order chi connectivity index (χ1) is 8.24. The van der Waals surface area contributed by atoms with E-state index in [-0.39, 0.29) is 11.4 Å². The number of nitro benzene ring substituents is 1. The fraction of sp³-hybridized carbons (Fsp3) is 0.273. The second-order valence-corrected chi connectivity index (χ2v) is 6.67. The molecule has 7 heteroatoms. The van der Waals surface area contributed by atoms with E-state index >= 15 is 0 Å². The minimum absolute atomic E-state index is 0.0589. The van der Waals surface area contributed by atoms with Crippen LogP contribution in [0.2, 0.25) is 0 Å². The summed E-state index contributed by atoms with van der Waals surface area (Å²) in [7, 11) is 0.847. The third kappa shape index (κ3) is 3.30. The average molecular weight is 271 g/mol. The molecule has 1 unspecified atom stereocenters. The first-order valence-electron chi connectivity index (χ1n) is 5.06. The molecule has 98 valence electrons. The Morgan fingerprint density at radius 2 is 1.83 bits per heavy atom. The molecule has 1 atom stereocenters. The van der Waals surface area contributed by atoms with Crippen molar-refractivity contribution in [3.05, 3.63) is 45.4 Å². The largest absolute Gasteiger partial charge is 0.506 e. The van der Waals surface area contributed by atoms with Crippen LogP contribution < -0.4 is 0 Å². The minimum atomic E-state index is -2.43. The summed E-state index contributed by atoms with van der Waals surface area (Å²) < 4.78 is 13.5. The Kier molecular flexibility index (Phi) is 4.07. The van der Waals surface area contributed by atoms with E-state index in [1.54, 1.807) is 14.1 Å². The quantitative estimate of drug-likeness (QED) is 0.393. The minimum Gasteiger partial charge on any atom is -0.506 e. The lowest BCUT2D eigenvalue weighted by Crippen LogP contribution is -2.09. The first kappa shape index (κ1) is 14.2. The van der Waals surface area contributed by atoms with Crippen LogP contribution in [0.3, 0.4) is 0 Å². The monoisotopic (exact) mass is 271 g/mol. The van der Waals surface area contributed by atoms with Gasteiger partial charge in [0.05, 0.1) is 16.6 Å². The van der Waals surface area contributed by atoms with E-state index in [0.29, 0.717) is 5.56 Å². The maximum absolute atomic E-state index is 12.0. The van der Waals surface area contributed by atoms with Gasteiger partial charge in [0.25, 0.3) is 5.69 Å². The zero-order valence-electron chi connectivity index (χ0n) is 10.4. The molecule has 0 aliphatic carbocycles. The summed E-state index contributed by atoms with van der Waals surface area (Å²) in [6.07, 6.45) is 1.49. The summed E-state index contributed by atoms with van der Waals surface area (Å²) in [6.45, 7) is 0. The van der Waals surface area contributed by atoms with Crippen LogP contribution in [-0.4, -0.2) is 38.5 Å². The van der Waals surface area contributed by atoms with Gasteiger partial charge in [0.2, 0.25) is 0 Å². The molecule has 0 radical (unpaired) electrons. The summed E-state index contributed by atoms with van der Waals surface area (Å²) in [5.41, 5.74) is 0.327. The fourth-order valence-corrected chi connectivity index (χ4v) is 1.90. The predicted molar refractivity (Wildman–Crippen MR) is 69.9 cm³/mol. The Labute approximate surface area is 106 Å². The van der Waals surface area contributed by atoms with E-state index in [1.165, 1.54) is 39.9 Å². The van der Waals surface area contributed by atoms with Gasteiger partial charge >= 0.3 is 0 Å². The Morgan fingerprint density at radius 1 is 1.33 bits per heavy atom. The second kappa shape index (κ2) is 5.18. The number of nitrogens with zero attached hydrogens (tertiary/aromatic N) is 2. The molecule has 1 N–H and O–H groups in total. The summed E-state index contributed by atoms with van der Waals surface area (Å²) in [5.74, 6) is -0.161. The van der Waals surface area contributed by atoms with E-state index in [4.69, 9.17) is 0 Å². The van der Waals surface area contributed by atoms with Crippen molar-refractivity contribution in [1.82, 2.24) is 0 Å². The molecular formula is C11H15N2O4S+. The number of rotatable bonds is 3. The lowest BCUT2D eigenvalue weighted by atomic mass is 10.2. The molecule has 0 saturated heterocycles. The zero-order valence-corrected chi connectivity index (χ0v) is 11.2. The van der Waals surface area contributed by atoms with Crippen LogP contribution >= 0.6 is 0 Å². The van der Waals surface area contributed by atoms with Crippen molar-refractivity contribution >= 4 is 21.2 Å². The molecule has 18 heavy (non-hydrogen) atoms. The number of aliphatic hydroxyl groups is 1. The molecule has 0 bridgehead atoms. The molecule has 0 amide bonds. The average Bonchev–Trinajstić information content (AvgIpc) is 2.28. The van der Waals surface area contributed by atoms with Crippen molar-refractivity contribution in [2.75, 3.05) is 20.4 Å². The van der Waals surface area contributed by atoms with Crippen LogP contribution in [0.5, 0.6) is 0 Å². The van der Waals surface area contributed by atoms with Gasteiger partial charge < -0.3 is 5.11 Å². The number of hydrogen-bond donors (Lipinski definition) is 1. The van der Waals surface area contributed by atoms with Gasteiger partial charge in [-0.2, -0.15) is 3.95 Å². The van der Waals surface area contributed by atoms with Gasteiger partial charge in [0, 0.05) is 17.7 Å². The number of nitro groups is 1. The van der Waals surface area contributed by atoms with E-state index in [1.807, 2.05) is 0 Å². The van der Waals surface area contributed by atoms with Crippen molar-refractivity contribution in [3.8, 4) is 0 Å². The lowest BCUT2D eigenvalue weighted by Gasteiger charge is -2.01. The topological polar surface area (TPSA) is 83.5 Å². The van der Waals surface area contributed by atoms with Gasteiger partial charge in [0.15, 0.2) is 9.73 Å². The van der Waals surface area contributed by atoms with Crippen LogP contribution in [0.1, 0.15) is 5.56 Å². The van der Waals surface area contributed by atoms with Gasteiger partial charge in [-0.3, -0.25) is 10.1 Å². The summed E-state index contributed by atoms with van der Waals surface area (Å²) in [5, 5.41) is 21.5. The highest BCUT2D eigenvalue weighted by molar-refractivity contribution is 7.93. The van der Waals surface area contributed by atoms with Crippen molar-refractivity contribution in [2.24, 2.45) is 0 Å². The van der Waals surface area contributed by atoms with Crippen molar-refractivity contribution in [1.29, 1.82) is 0 Å². The zero-order chi connectivity index (χ0) is 13.9. The van der Waals surface area contributed by atoms with Crippen molar-refractivity contribution in [3.63, 3.8) is 0 Å². The SMILES string of the molecule is C[N+](C)=S(C)(=O)/C=C(\O)c1ccc([N+](=O)[O-])cc1. The van der Waals surface area contributed by atoms with Crippen molar-refractivity contribution in [2.45, 2.75) is 0 Å². The molecule has 0 aliphatic heterocycles. The molecule has 1 rings (SSSR count). The smallest absolute Gasteiger partial charge is 0.269 e. The van der Waals surface area contributed by atoms with Gasteiger partial charge in [0.1, 0.15) is 19.9 Å². The normalized spacial score (nSPS) is 14.9. The highest BCUT2D eigenvalue weighted by Crippen LogP contribution is 2.17. The standard InChI is InChI=1S/C11H14N2O4S/c1-12(2)18(3,17)8-11(14)9-4-6-10(7-5-9)13(15)16/h4-8H,1-3H3/p+1. The van der Waals surface area contributed by atoms with Gasteiger partial charge in [-0.15, -0.1) is 0 Å². The summed E-state index contributed by atoms with van der Waals surface area (Å²) in [4.78, 5) is 9.96. The molecule has 0 spiro atoms. The molecule has 1 aromatic rings. The van der Waals surface area contributed by atoms with Crippen LogP contribution in [-0.2, 0) is 9.73 Å². The Hall–Kier alpha value is -1.89. The van der Waals surface area contributed by atoms with Crippen LogP contribution in [0.4, 0.5) is 5.69 Å². The van der Waals surface area contributed by atoms with E-state index in [9.17, 15) is 19.4 Å². The number of non-ortho nitro benzene ring substituents is 1. The summed E-state index contributed by atoms with van der Waals surface area (Å²) in [6, 6.07) is 5.39. The fourth-order valence-electron chi connectivity index (χ4n) is 1.13. The Bertz CT molecular complexity index is 606. The maximum Gasteiger partial charge on any atom is 0.269 e. The van der Waals surface area contributed by atoms with Gasteiger partial charge in [-0.1, -0.05) is 0 Å². The first-order valence-corrected chi connectivity index (χ1v) is 7.05. The highest BCUT2D eigenvalue weighted by atomic mass is 32.2. The van der Waals surface area contributed by atoms with Crippen molar-refractivity contribution < 1.29 is 18.2 Å². The number of aliphatic hydroxyl groups excluding tert-OH is 1.